The molecule has 0 saturated heterocycles. The first-order valence-electron chi connectivity index (χ1n) is 7.52. The van der Waals surface area contributed by atoms with E-state index in [1.807, 2.05) is 6.92 Å². The summed E-state index contributed by atoms with van der Waals surface area (Å²) in [7, 11) is 0. The van der Waals surface area contributed by atoms with Crippen LogP contribution in [0.1, 0.15) is 40.6 Å². The highest BCUT2D eigenvalue weighted by molar-refractivity contribution is 6.31. The average Bonchev–Trinajstić information content (AvgIpc) is 2.58. The summed E-state index contributed by atoms with van der Waals surface area (Å²) >= 11 is 5.68. The van der Waals surface area contributed by atoms with Crippen LogP contribution >= 0.6 is 11.6 Å². The van der Waals surface area contributed by atoms with Gasteiger partial charge in [-0.1, -0.05) is 24.9 Å². The number of pyridine rings is 1. The molecular formula is C17H17ClFN3O2. The Morgan fingerprint density at radius 3 is 2.71 bits per heavy atom. The Bertz CT molecular complexity index is 752. The number of anilines is 1. The van der Waals surface area contributed by atoms with Crippen LogP contribution in [0.5, 0.6) is 0 Å². The van der Waals surface area contributed by atoms with Crippen molar-refractivity contribution in [3.05, 3.63) is 58.6 Å². The molecule has 5 nitrogen and oxygen atoms in total. The number of hydrogen-bond acceptors (Lipinski definition) is 3. The maximum absolute atomic E-state index is 13.1. The van der Waals surface area contributed by atoms with E-state index < -0.39 is 11.7 Å². The smallest absolute Gasteiger partial charge is 0.274 e. The lowest BCUT2D eigenvalue weighted by Crippen LogP contribution is -2.25. The molecule has 2 aromatic rings. The minimum Gasteiger partial charge on any atom is -0.352 e. The summed E-state index contributed by atoms with van der Waals surface area (Å²) in [5, 5.41) is 5.24. The Labute approximate surface area is 144 Å². The number of nitrogens with one attached hydrogen (secondary N) is 2. The minimum atomic E-state index is -0.571. The summed E-state index contributed by atoms with van der Waals surface area (Å²) < 4.78 is 13.1. The standard InChI is InChI=1S/C17H17ClFN3O2/c1-2-3-7-21-16(23)11-6-8-20-15(9-11)17(24)22-12-4-5-14(19)13(18)10-12/h4-6,8-10H,2-3,7H2,1H3,(H,21,23)(H,22,24). The van der Waals surface area contributed by atoms with Gasteiger partial charge in [-0.15, -0.1) is 0 Å². The number of carbonyl (C=O) groups excluding carboxylic acids is 2. The molecule has 0 aliphatic heterocycles. The third kappa shape index (κ3) is 4.76. The molecule has 7 heteroatoms. The molecule has 1 aromatic heterocycles. The van der Waals surface area contributed by atoms with Gasteiger partial charge in [0.2, 0.25) is 0 Å². The number of hydrogen-bond donors (Lipinski definition) is 2. The van der Waals surface area contributed by atoms with Crippen molar-refractivity contribution in [1.29, 1.82) is 0 Å². The van der Waals surface area contributed by atoms with Gasteiger partial charge in [0, 0.05) is 24.0 Å². The van der Waals surface area contributed by atoms with Crippen LogP contribution in [0.25, 0.3) is 0 Å². The summed E-state index contributed by atoms with van der Waals surface area (Å²) in [6, 6.07) is 6.79. The van der Waals surface area contributed by atoms with Crippen molar-refractivity contribution in [3.8, 4) is 0 Å². The quantitative estimate of drug-likeness (QED) is 0.782. The van der Waals surface area contributed by atoms with Gasteiger partial charge in [-0.2, -0.15) is 0 Å². The van der Waals surface area contributed by atoms with E-state index in [0.717, 1.165) is 18.9 Å². The van der Waals surface area contributed by atoms with Gasteiger partial charge >= 0.3 is 0 Å². The van der Waals surface area contributed by atoms with Crippen molar-refractivity contribution in [2.75, 3.05) is 11.9 Å². The molecule has 0 bridgehead atoms. The van der Waals surface area contributed by atoms with Crippen LogP contribution in [0, 0.1) is 5.82 Å². The third-order valence-electron chi connectivity index (χ3n) is 3.25. The Hall–Kier alpha value is -2.47. The third-order valence-corrected chi connectivity index (χ3v) is 3.54. The fourth-order valence-electron chi connectivity index (χ4n) is 1.95. The molecule has 0 fully saturated rings. The molecule has 2 N–H and O–H groups in total. The highest BCUT2D eigenvalue weighted by Gasteiger charge is 2.12. The van der Waals surface area contributed by atoms with Crippen LogP contribution in [0.4, 0.5) is 10.1 Å². The van der Waals surface area contributed by atoms with Crippen LogP contribution < -0.4 is 10.6 Å². The number of carbonyl (C=O) groups is 2. The maximum Gasteiger partial charge on any atom is 0.274 e. The molecule has 0 aliphatic carbocycles. The number of rotatable bonds is 6. The topological polar surface area (TPSA) is 71.1 Å². The van der Waals surface area contributed by atoms with E-state index in [4.69, 9.17) is 11.6 Å². The first-order valence-corrected chi connectivity index (χ1v) is 7.89. The van der Waals surface area contributed by atoms with Crippen molar-refractivity contribution in [2.24, 2.45) is 0 Å². The van der Waals surface area contributed by atoms with E-state index in [9.17, 15) is 14.0 Å². The van der Waals surface area contributed by atoms with Gasteiger partial charge in [-0.3, -0.25) is 14.6 Å². The molecule has 2 rings (SSSR count). The highest BCUT2D eigenvalue weighted by atomic mass is 35.5. The largest absolute Gasteiger partial charge is 0.352 e. The summed E-state index contributed by atoms with van der Waals surface area (Å²) in [5.41, 5.74) is 0.771. The lowest BCUT2D eigenvalue weighted by molar-refractivity contribution is 0.0953. The Morgan fingerprint density at radius 2 is 2.00 bits per heavy atom. The molecule has 126 valence electrons. The second-order valence-corrected chi connectivity index (χ2v) is 5.53. The number of nitrogens with zero attached hydrogens (tertiary/aromatic N) is 1. The van der Waals surface area contributed by atoms with Crippen molar-refractivity contribution in [3.63, 3.8) is 0 Å². The molecular weight excluding hydrogens is 333 g/mol. The van der Waals surface area contributed by atoms with Gasteiger partial charge in [0.1, 0.15) is 11.5 Å². The van der Waals surface area contributed by atoms with Crippen LogP contribution in [0.2, 0.25) is 5.02 Å². The normalized spacial score (nSPS) is 10.3. The molecule has 1 heterocycles. The molecule has 0 aliphatic rings. The maximum atomic E-state index is 13.1. The number of aromatic nitrogens is 1. The minimum absolute atomic E-state index is 0.0820. The molecule has 0 unspecified atom stereocenters. The predicted octanol–water partition coefficient (Wildman–Crippen LogP) is 3.66. The van der Waals surface area contributed by atoms with E-state index in [1.165, 1.54) is 30.5 Å². The zero-order valence-electron chi connectivity index (χ0n) is 13.1. The van der Waals surface area contributed by atoms with E-state index in [-0.39, 0.29) is 16.6 Å². The molecule has 1 aromatic carbocycles. The van der Waals surface area contributed by atoms with Gasteiger partial charge in [-0.25, -0.2) is 4.39 Å². The first-order chi connectivity index (χ1) is 11.5. The van der Waals surface area contributed by atoms with Crippen LogP contribution in [0.15, 0.2) is 36.5 Å². The van der Waals surface area contributed by atoms with Gasteiger partial charge in [0.25, 0.3) is 11.8 Å². The second-order valence-electron chi connectivity index (χ2n) is 5.12. The van der Waals surface area contributed by atoms with Crippen LogP contribution in [-0.2, 0) is 0 Å². The Balaban J connectivity index is 2.08. The van der Waals surface area contributed by atoms with Gasteiger partial charge in [-0.05, 0) is 36.8 Å². The Kier molecular flexibility index (Phi) is 6.26. The van der Waals surface area contributed by atoms with Gasteiger partial charge < -0.3 is 10.6 Å². The van der Waals surface area contributed by atoms with Crippen molar-refractivity contribution in [1.82, 2.24) is 10.3 Å². The molecule has 24 heavy (non-hydrogen) atoms. The van der Waals surface area contributed by atoms with E-state index in [2.05, 4.69) is 15.6 Å². The van der Waals surface area contributed by atoms with Crippen molar-refractivity contribution in [2.45, 2.75) is 19.8 Å². The van der Waals surface area contributed by atoms with Crippen molar-refractivity contribution >= 4 is 29.1 Å². The van der Waals surface area contributed by atoms with Crippen molar-refractivity contribution < 1.29 is 14.0 Å². The first kappa shape index (κ1) is 17.9. The molecule has 0 saturated carbocycles. The number of halogens is 2. The molecule has 0 spiro atoms. The second kappa shape index (κ2) is 8.40. The SMILES string of the molecule is CCCCNC(=O)c1ccnc(C(=O)Nc2ccc(F)c(Cl)c2)c1. The Morgan fingerprint density at radius 1 is 1.21 bits per heavy atom. The summed E-state index contributed by atoms with van der Waals surface area (Å²) in [6.45, 7) is 2.61. The number of unbranched alkanes of at least 4 members (excludes halogenated alkanes) is 1. The molecule has 2 amide bonds. The average molecular weight is 350 g/mol. The molecule has 0 atom stereocenters. The summed E-state index contributed by atoms with van der Waals surface area (Å²) in [6.07, 6.45) is 3.25. The van der Waals surface area contributed by atoms with Gasteiger partial charge in [0.15, 0.2) is 0 Å². The van der Waals surface area contributed by atoms with E-state index >= 15 is 0 Å². The lowest BCUT2D eigenvalue weighted by atomic mass is 10.2. The van der Waals surface area contributed by atoms with Crippen LogP contribution in [0.3, 0.4) is 0 Å². The predicted molar refractivity (Wildman–Crippen MR) is 90.8 cm³/mol. The fourth-order valence-corrected chi connectivity index (χ4v) is 2.13. The summed E-state index contributed by atoms with van der Waals surface area (Å²) in [4.78, 5) is 28.2. The van der Waals surface area contributed by atoms with Gasteiger partial charge in [0.05, 0.1) is 5.02 Å². The monoisotopic (exact) mass is 349 g/mol. The number of amides is 2. The van der Waals surface area contributed by atoms with E-state index in [1.54, 1.807) is 0 Å². The lowest BCUT2D eigenvalue weighted by Gasteiger charge is -2.07. The molecule has 0 radical (unpaired) electrons. The number of benzene rings is 1. The highest BCUT2D eigenvalue weighted by Crippen LogP contribution is 2.19. The van der Waals surface area contributed by atoms with E-state index in [0.29, 0.717) is 17.8 Å². The van der Waals surface area contributed by atoms with Crippen LogP contribution in [-0.4, -0.2) is 23.3 Å². The summed E-state index contributed by atoms with van der Waals surface area (Å²) in [5.74, 6) is -1.34. The fraction of sp³-hybridized carbons (Fsp3) is 0.235. The zero-order chi connectivity index (χ0) is 17.5. The zero-order valence-corrected chi connectivity index (χ0v) is 13.9.